The van der Waals surface area contributed by atoms with Gasteiger partial charge < -0.3 is 14.8 Å². The number of anilines is 1. The molecule has 1 aromatic heterocycles. The summed E-state index contributed by atoms with van der Waals surface area (Å²) in [7, 11) is 3.39. The fourth-order valence-electron chi connectivity index (χ4n) is 1.64. The fourth-order valence-corrected chi connectivity index (χ4v) is 1.83. The SMILES string of the molecule is CNc1cc(OCc2ccccc2Cl)nc(COC)n1. The molecule has 0 radical (unpaired) electrons. The van der Waals surface area contributed by atoms with Crippen LogP contribution in [0.5, 0.6) is 5.88 Å². The largest absolute Gasteiger partial charge is 0.473 e. The lowest BCUT2D eigenvalue weighted by Gasteiger charge is -2.10. The highest BCUT2D eigenvalue weighted by Crippen LogP contribution is 2.19. The first-order valence-corrected chi connectivity index (χ1v) is 6.51. The highest BCUT2D eigenvalue weighted by atomic mass is 35.5. The molecule has 0 amide bonds. The number of rotatable bonds is 6. The Kier molecular flexibility index (Phi) is 5.15. The number of aromatic nitrogens is 2. The molecule has 20 heavy (non-hydrogen) atoms. The van der Waals surface area contributed by atoms with E-state index in [2.05, 4.69) is 15.3 Å². The molecule has 0 fully saturated rings. The van der Waals surface area contributed by atoms with Gasteiger partial charge in [0.2, 0.25) is 5.88 Å². The monoisotopic (exact) mass is 293 g/mol. The van der Waals surface area contributed by atoms with Crippen molar-refractivity contribution >= 4 is 17.4 Å². The predicted octanol–water partition coefficient (Wildman–Crippen LogP) is 2.90. The first kappa shape index (κ1) is 14.6. The Balaban J connectivity index is 2.12. The summed E-state index contributed by atoms with van der Waals surface area (Å²) in [5.74, 6) is 1.73. The van der Waals surface area contributed by atoms with Gasteiger partial charge in [0.25, 0.3) is 0 Å². The highest BCUT2D eigenvalue weighted by Gasteiger charge is 2.06. The van der Waals surface area contributed by atoms with Crippen molar-refractivity contribution in [2.24, 2.45) is 0 Å². The van der Waals surface area contributed by atoms with Crippen molar-refractivity contribution in [1.82, 2.24) is 9.97 Å². The van der Waals surface area contributed by atoms with E-state index in [-0.39, 0.29) is 0 Å². The van der Waals surface area contributed by atoms with Gasteiger partial charge in [-0.3, -0.25) is 0 Å². The van der Waals surface area contributed by atoms with Crippen LogP contribution in [0.15, 0.2) is 30.3 Å². The molecule has 5 nitrogen and oxygen atoms in total. The Bertz CT molecular complexity index is 578. The Labute approximate surface area is 122 Å². The van der Waals surface area contributed by atoms with Gasteiger partial charge in [-0.25, -0.2) is 4.98 Å². The van der Waals surface area contributed by atoms with Gasteiger partial charge in [-0.1, -0.05) is 29.8 Å². The van der Waals surface area contributed by atoms with Gasteiger partial charge in [-0.2, -0.15) is 4.98 Å². The van der Waals surface area contributed by atoms with Gasteiger partial charge in [0.15, 0.2) is 5.82 Å². The number of nitrogens with one attached hydrogen (secondary N) is 1. The summed E-state index contributed by atoms with van der Waals surface area (Å²) >= 11 is 6.08. The molecule has 2 aromatic rings. The maximum atomic E-state index is 6.08. The maximum Gasteiger partial charge on any atom is 0.219 e. The zero-order chi connectivity index (χ0) is 14.4. The number of hydrogen-bond acceptors (Lipinski definition) is 5. The molecule has 0 spiro atoms. The third kappa shape index (κ3) is 3.82. The Morgan fingerprint density at radius 1 is 1.20 bits per heavy atom. The van der Waals surface area contributed by atoms with E-state index in [4.69, 9.17) is 21.1 Å². The standard InChI is InChI=1S/C14H16ClN3O2/c1-16-12-7-14(18-13(17-12)9-19-2)20-8-10-5-3-4-6-11(10)15/h3-7H,8-9H2,1-2H3,(H,16,17,18). The predicted molar refractivity (Wildman–Crippen MR) is 78.1 cm³/mol. The van der Waals surface area contributed by atoms with E-state index >= 15 is 0 Å². The van der Waals surface area contributed by atoms with Crippen molar-refractivity contribution in [1.29, 1.82) is 0 Å². The molecule has 0 aliphatic rings. The van der Waals surface area contributed by atoms with Crippen LogP contribution in [0, 0.1) is 0 Å². The average Bonchev–Trinajstić information content (AvgIpc) is 2.46. The molecule has 106 valence electrons. The third-order valence-corrected chi connectivity index (χ3v) is 2.98. The third-order valence-electron chi connectivity index (χ3n) is 2.61. The smallest absolute Gasteiger partial charge is 0.219 e. The van der Waals surface area contributed by atoms with Gasteiger partial charge in [-0.05, 0) is 6.07 Å². The van der Waals surface area contributed by atoms with Crippen LogP contribution in [-0.4, -0.2) is 24.1 Å². The molecule has 0 saturated carbocycles. The number of methoxy groups -OCH3 is 1. The van der Waals surface area contributed by atoms with Crippen LogP contribution in [-0.2, 0) is 18.0 Å². The topological polar surface area (TPSA) is 56.3 Å². The van der Waals surface area contributed by atoms with Gasteiger partial charge in [0.1, 0.15) is 19.0 Å². The summed E-state index contributed by atoms with van der Waals surface area (Å²) < 4.78 is 10.7. The van der Waals surface area contributed by atoms with Gasteiger partial charge in [0, 0.05) is 30.8 Å². The summed E-state index contributed by atoms with van der Waals surface area (Å²) in [5, 5.41) is 3.64. The second kappa shape index (κ2) is 7.07. The Hall–Kier alpha value is -1.85. The molecule has 2 rings (SSSR count). The van der Waals surface area contributed by atoms with Crippen molar-refractivity contribution in [2.75, 3.05) is 19.5 Å². The van der Waals surface area contributed by atoms with E-state index in [9.17, 15) is 0 Å². The van der Waals surface area contributed by atoms with Crippen molar-refractivity contribution in [3.05, 3.63) is 46.7 Å². The summed E-state index contributed by atoms with van der Waals surface area (Å²) in [5.41, 5.74) is 0.909. The van der Waals surface area contributed by atoms with Crippen LogP contribution in [0.2, 0.25) is 5.02 Å². The van der Waals surface area contributed by atoms with Crippen LogP contribution >= 0.6 is 11.6 Å². The van der Waals surface area contributed by atoms with E-state index < -0.39 is 0 Å². The molecule has 0 aliphatic carbocycles. The van der Waals surface area contributed by atoms with E-state index in [0.717, 1.165) is 5.56 Å². The van der Waals surface area contributed by atoms with Gasteiger partial charge in [0.05, 0.1) is 0 Å². The number of nitrogens with zero attached hydrogens (tertiary/aromatic N) is 2. The van der Waals surface area contributed by atoms with Crippen molar-refractivity contribution in [2.45, 2.75) is 13.2 Å². The van der Waals surface area contributed by atoms with Gasteiger partial charge in [-0.15, -0.1) is 0 Å². The van der Waals surface area contributed by atoms with Crippen LogP contribution in [0.25, 0.3) is 0 Å². The van der Waals surface area contributed by atoms with Crippen LogP contribution in [0.3, 0.4) is 0 Å². The van der Waals surface area contributed by atoms with E-state index in [1.165, 1.54) is 0 Å². The van der Waals surface area contributed by atoms with Crippen molar-refractivity contribution in [3.63, 3.8) is 0 Å². The Morgan fingerprint density at radius 3 is 2.70 bits per heavy atom. The lowest BCUT2D eigenvalue weighted by molar-refractivity contribution is 0.176. The molecule has 0 saturated heterocycles. The zero-order valence-electron chi connectivity index (χ0n) is 11.4. The second-order valence-corrected chi connectivity index (χ2v) is 4.48. The molecule has 0 aliphatic heterocycles. The van der Waals surface area contributed by atoms with Gasteiger partial charge >= 0.3 is 0 Å². The summed E-state index contributed by atoms with van der Waals surface area (Å²) in [6, 6.07) is 9.27. The minimum Gasteiger partial charge on any atom is -0.473 e. The van der Waals surface area contributed by atoms with E-state index in [0.29, 0.717) is 35.8 Å². The normalized spacial score (nSPS) is 10.3. The second-order valence-electron chi connectivity index (χ2n) is 4.07. The zero-order valence-corrected chi connectivity index (χ0v) is 12.1. The van der Waals surface area contributed by atoms with E-state index in [1.54, 1.807) is 20.2 Å². The maximum absolute atomic E-state index is 6.08. The van der Waals surface area contributed by atoms with Crippen LogP contribution < -0.4 is 10.1 Å². The van der Waals surface area contributed by atoms with Crippen LogP contribution in [0.1, 0.15) is 11.4 Å². The van der Waals surface area contributed by atoms with Crippen molar-refractivity contribution in [3.8, 4) is 5.88 Å². The summed E-state index contributed by atoms with van der Waals surface area (Å²) in [6.07, 6.45) is 0. The molecule has 6 heteroatoms. The summed E-state index contributed by atoms with van der Waals surface area (Å²) in [6.45, 7) is 0.685. The highest BCUT2D eigenvalue weighted by molar-refractivity contribution is 6.31. The lowest BCUT2D eigenvalue weighted by atomic mass is 10.2. The quantitative estimate of drug-likeness (QED) is 0.887. The molecule has 1 N–H and O–H groups in total. The first-order chi connectivity index (χ1) is 9.72. The first-order valence-electron chi connectivity index (χ1n) is 6.13. The average molecular weight is 294 g/mol. The number of hydrogen-bond donors (Lipinski definition) is 1. The summed E-state index contributed by atoms with van der Waals surface area (Å²) in [4.78, 5) is 8.54. The number of ether oxygens (including phenoxy) is 2. The molecule has 0 bridgehead atoms. The molecule has 0 unspecified atom stereocenters. The minimum absolute atomic E-state index is 0.331. The van der Waals surface area contributed by atoms with Crippen LogP contribution in [0.4, 0.5) is 5.82 Å². The molecular weight excluding hydrogens is 278 g/mol. The molecule has 1 heterocycles. The fraction of sp³-hybridized carbons (Fsp3) is 0.286. The lowest BCUT2D eigenvalue weighted by Crippen LogP contribution is -2.05. The number of halogens is 1. The Morgan fingerprint density at radius 2 is 2.00 bits per heavy atom. The van der Waals surface area contributed by atoms with E-state index in [1.807, 2.05) is 24.3 Å². The minimum atomic E-state index is 0.331. The molecule has 1 aromatic carbocycles. The molecule has 0 atom stereocenters. The van der Waals surface area contributed by atoms with Crippen molar-refractivity contribution < 1.29 is 9.47 Å². The number of benzene rings is 1. The molecular formula is C14H16ClN3O2.